The summed E-state index contributed by atoms with van der Waals surface area (Å²) in [5, 5.41) is 0. The van der Waals surface area contributed by atoms with Crippen molar-refractivity contribution in [2.45, 2.75) is 19.4 Å². The number of nitrogens with zero attached hydrogens (tertiary/aromatic N) is 1. The highest BCUT2D eigenvalue weighted by atomic mass is 16.5. The van der Waals surface area contributed by atoms with Crippen LogP contribution in [0.2, 0.25) is 0 Å². The van der Waals surface area contributed by atoms with E-state index in [1.807, 2.05) is 62.4 Å². The number of pyridine rings is 1. The Balaban J connectivity index is 1.95. The van der Waals surface area contributed by atoms with Crippen LogP contribution in [0.3, 0.4) is 0 Å². The monoisotopic (exact) mass is 353 g/mol. The number of hydrogen-bond acceptors (Lipinski definition) is 5. The minimum Gasteiger partial charge on any atom is -0.495 e. The van der Waals surface area contributed by atoms with Crippen LogP contribution in [0, 0.1) is 0 Å². The van der Waals surface area contributed by atoms with Crippen LogP contribution in [0.15, 0.2) is 30.3 Å². The lowest BCUT2D eigenvalue weighted by atomic mass is 9.99. The Morgan fingerprint density at radius 1 is 0.962 bits per heavy atom. The minimum absolute atomic E-state index is 0.321. The molecule has 0 amide bonds. The van der Waals surface area contributed by atoms with E-state index in [4.69, 9.17) is 18.9 Å². The lowest BCUT2D eigenvalue weighted by molar-refractivity contribution is 0.158. The summed E-state index contributed by atoms with van der Waals surface area (Å²) in [6.45, 7) is 4.05. The van der Waals surface area contributed by atoms with E-state index in [9.17, 15) is 0 Å². The van der Waals surface area contributed by atoms with E-state index in [-0.39, 0.29) is 5.60 Å². The van der Waals surface area contributed by atoms with E-state index in [1.54, 1.807) is 21.3 Å². The first kappa shape index (κ1) is 17.9. The number of methoxy groups -OCH3 is 3. The van der Waals surface area contributed by atoms with Gasteiger partial charge in [-0.3, -0.25) is 0 Å². The molecule has 0 atom stereocenters. The molecule has 1 aliphatic heterocycles. The Labute approximate surface area is 153 Å². The lowest BCUT2D eigenvalue weighted by Crippen LogP contribution is -2.27. The lowest BCUT2D eigenvalue weighted by Gasteiger charge is -2.29. The zero-order valence-electron chi connectivity index (χ0n) is 15.7. The van der Waals surface area contributed by atoms with Crippen LogP contribution < -0.4 is 18.9 Å². The van der Waals surface area contributed by atoms with E-state index in [1.165, 1.54) is 0 Å². The summed E-state index contributed by atoms with van der Waals surface area (Å²) in [6.07, 6.45) is 7.94. The van der Waals surface area contributed by atoms with Gasteiger partial charge in [-0.1, -0.05) is 0 Å². The van der Waals surface area contributed by atoms with E-state index < -0.39 is 0 Å². The molecular formula is C21H23NO4. The van der Waals surface area contributed by atoms with E-state index in [0.717, 1.165) is 28.3 Å². The third-order valence-corrected chi connectivity index (χ3v) is 4.11. The van der Waals surface area contributed by atoms with Gasteiger partial charge < -0.3 is 18.9 Å². The summed E-state index contributed by atoms with van der Waals surface area (Å²) in [4.78, 5) is 4.43. The van der Waals surface area contributed by atoms with Crippen molar-refractivity contribution in [3.8, 4) is 23.1 Å². The molecule has 0 fully saturated rings. The highest BCUT2D eigenvalue weighted by molar-refractivity contribution is 5.78. The summed E-state index contributed by atoms with van der Waals surface area (Å²) in [5.74, 6) is 2.63. The predicted octanol–water partition coefficient (Wildman–Crippen LogP) is 4.46. The van der Waals surface area contributed by atoms with Gasteiger partial charge in [0.2, 0.25) is 0 Å². The second-order valence-corrected chi connectivity index (χ2v) is 6.42. The van der Waals surface area contributed by atoms with Gasteiger partial charge in [-0.15, -0.1) is 0 Å². The highest BCUT2D eigenvalue weighted by Gasteiger charge is 2.24. The molecule has 1 aromatic carbocycles. The maximum absolute atomic E-state index is 6.00. The van der Waals surface area contributed by atoms with Gasteiger partial charge >= 0.3 is 0 Å². The molecule has 0 aliphatic carbocycles. The molecule has 136 valence electrons. The van der Waals surface area contributed by atoms with E-state index >= 15 is 0 Å². The van der Waals surface area contributed by atoms with Gasteiger partial charge in [0, 0.05) is 5.56 Å². The molecular weight excluding hydrogens is 330 g/mol. The maximum atomic E-state index is 6.00. The average Bonchev–Trinajstić information content (AvgIpc) is 2.64. The smallest absolute Gasteiger partial charge is 0.257 e. The molecule has 0 N–H and O–H groups in total. The molecule has 0 radical (unpaired) electrons. The predicted molar refractivity (Wildman–Crippen MR) is 103 cm³/mol. The first-order valence-electron chi connectivity index (χ1n) is 8.34. The Bertz CT molecular complexity index is 869. The quantitative estimate of drug-likeness (QED) is 0.794. The van der Waals surface area contributed by atoms with Crippen molar-refractivity contribution in [3.63, 3.8) is 0 Å². The number of ether oxygens (including phenoxy) is 4. The summed E-state index contributed by atoms with van der Waals surface area (Å²) in [6, 6.07) is 7.64. The number of rotatable bonds is 5. The topological polar surface area (TPSA) is 49.8 Å². The van der Waals surface area contributed by atoms with Crippen LogP contribution in [0.1, 0.15) is 30.7 Å². The van der Waals surface area contributed by atoms with E-state index in [2.05, 4.69) is 4.98 Å². The normalized spacial score (nSPS) is 14.7. The molecule has 3 rings (SSSR count). The van der Waals surface area contributed by atoms with Gasteiger partial charge in [0.15, 0.2) is 5.75 Å². The van der Waals surface area contributed by atoms with Crippen molar-refractivity contribution in [1.29, 1.82) is 0 Å². The zero-order chi connectivity index (χ0) is 18.7. The molecule has 1 aromatic heterocycles. The van der Waals surface area contributed by atoms with Gasteiger partial charge in [-0.05, 0) is 62.4 Å². The van der Waals surface area contributed by atoms with Gasteiger partial charge in [0.25, 0.3) is 5.88 Å². The summed E-state index contributed by atoms with van der Waals surface area (Å²) in [7, 11) is 4.82. The number of hydrogen-bond donors (Lipinski definition) is 0. The molecule has 0 bridgehead atoms. The van der Waals surface area contributed by atoms with Gasteiger partial charge in [0.05, 0.1) is 32.6 Å². The molecule has 26 heavy (non-hydrogen) atoms. The minimum atomic E-state index is -0.321. The van der Waals surface area contributed by atoms with Crippen molar-refractivity contribution >= 4 is 18.2 Å². The Morgan fingerprint density at radius 3 is 2.46 bits per heavy atom. The SMILES string of the molecule is COc1ccc(/C=C/c2ccc3c(c2OC)C=CC(C)(C)O3)nc1OC. The number of benzene rings is 1. The zero-order valence-corrected chi connectivity index (χ0v) is 15.7. The third-order valence-electron chi connectivity index (χ3n) is 4.11. The molecule has 0 unspecified atom stereocenters. The molecule has 0 saturated carbocycles. The second kappa shape index (κ2) is 7.12. The summed E-state index contributed by atoms with van der Waals surface area (Å²) in [5.41, 5.74) is 2.32. The standard InChI is InChI=1S/C21H23NO4/c1-21(2)13-12-16-17(26-21)10-7-14(19(16)24-4)6-8-15-9-11-18(23-3)20(22-15)25-5/h6-13H,1-5H3/b8-6+. The van der Waals surface area contributed by atoms with Gasteiger partial charge in [-0.2, -0.15) is 0 Å². The Morgan fingerprint density at radius 2 is 1.77 bits per heavy atom. The molecule has 5 nitrogen and oxygen atoms in total. The first-order valence-corrected chi connectivity index (χ1v) is 8.34. The molecule has 2 aromatic rings. The molecule has 5 heteroatoms. The van der Waals surface area contributed by atoms with Crippen molar-refractivity contribution in [3.05, 3.63) is 47.2 Å². The average molecular weight is 353 g/mol. The van der Waals surface area contributed by atoms with Crippen LogP contribution in [-0.4, -0.2) is 31.9 Å². The number of fused-ring (bicyclic) bond motifs is 1. The van der Waals surface area contributed by atoms with Crippen molar-refractivity contribution in [2.75, 3.05) is 21.3 Å². The van der Waals surface area contributed by atoms with Crippen LogP contribution in [-0.2, 0) is 0 Å². The largest absolute Gasteiger partial charge is 0.495 e. The second-order valence-electron chi connectivity index (χ2n) is 6.42. The van der Waals surface area contributed by atoms with Crippen molar-refractivity contribution in [2.24, 2.45) is 0 Å². The van der Waals surface area contributed by atoms with Gasteiger partial charge in [-0.25, -0.2) is 4.98 Å². The Kier molecular flexibility index (Phi) is 4.89. The van der Waals surface area contributed by atoms with Crippen molar-refractivity contribution in [1.82, 2.24) is 4.98 Å². The van der Waals surface area contributed by atoms with Crippen LogP contribution >= 0.6 is 0 Å². The molecule has 0 saturated heterocycles. The summed E-state index contributed by atoms with van der Waals surface area (Å²) < 4.78 is 22.1. The van der Waals surface area contributed by atoms with Crippen molar-refractivity contribution < 1.29 is 18.9 Å². The van der Waals surface area contributed by atoms with Gasteiger partial charge in [0.1, 0.15) is 17.1 Å². The molecule has 1 aliphatic rings. The first-order chi connectivity index (χ1) is 12.5. The highest BCUT2D eigenvalue weighted by Crippen LogP contribution is 2.39. The molecule has 2 heterocycles. The fourth-order valence-corrected chi connectivity index (χ4v) is 2.82. The van der Waals surface area contributed by atoms with Crippen LogP contribution in [0.5, 0.6) is 23.1 Å². The van der Waals surface area contributed by atoms with E-state index in [0.29, 0.717) is 11.6 Å². The number of aromatic nitrogens is 1. The fraction of sp³-hybridized carbons (Fsp3) is 0.286. The maximum Gasteiger partial charge on any atom is 0.257 e. The summed E-state index contributed by atoms with van der Waals surface area (Å²) >= 11 is 0. The fourth-order valence-electron chi connectivity index (χ4n) is 2.82. The molecule has 0 spiro atoms. The Hall–Kier alpha value is -2.95. The van der Waals surface area contributed by atoms with Crippen LogP contribution in [0.4, 0.5) is 0 Å². The van der Waals surface area contributed by atoms with Crippen LogP contribution in [0.25, 0.3) is 18.2 Å². The third kappa shape index (κ3) is 3.52.